The number of methoxy groups -OCH3 is 1. The van der Waals surface area contributed by atoms with E-state index in [9.17, 15) is 18.0 Å². The lowest BCUT2D eigenvalue weighted by atomic mass is 10.1. The van der Waals surface area contributed by atoms with Crippen LogP contribution in [0, 0.1) is 6.92 Å². The van der Waals surface area contributed by atoms with Crippen LogP contribution in [0.5, 0.6) is 5.75 Å². The number of rotatable bonds is 11. The quantitative estimate of drug-likeness (QED) is 0.523. The van der Waals surface area contributed by atoms with Gasteiger partial charge in [-0.05, 0) is 44.9 Å². The van der Waals surface area contributed by atoms with Gasteiger partial charge in [0.05, 0.1) is 19.1 Å². The molecule has 0 radical (unpaired) electrons. The number of benzene rings is 2. The normalized spacial score (nSPS) is 13.0. The highest BCUT2D eigenvalue weighted by Crippen LogP contribution is 2.23. The second-order valence-corrected chi connectivity index (χ2v) is 10.4. The maximum absolute atomic E-state index is 13.5. The van der Waals surface area contributed by atoms with Gasteiger partial charge in [0.2, 0.25) is 21.8 Å². The number of hydrogen-bond donors (Lipinski definition) is 1. The monoisotopic (exact) mass is 489 g/mol. The van der Waals surface area contributed by atoms with E-state index < -0.39 is 28.5 Å². The van der Waals surface area contributed by atoms with Crippen molar-refractivity contribution in [3.05, 3.63) is 59.7 Å². The molecule has 186 valence electrons. The molecule has 0 aliphatic carbocycles. The highest BCUT2D eigenvalue weighted by Gasteiger charge is 2.30. The molecule has 0 bridgehead atoms. The minimum Gasteiger partial charge on any atom is -0.497 e. The first-order chi connectivity index (χ1) is 16.0. The number of nitrogens with one attached hydrogen (secondary N) is 1. The Morgan fingerprint density at radius 2 is 1.74 bits per heavy atom. The number of nitrogens with zero attached hydrogens (tertiary/aromatic N) is 2. The SMILES string of the molecule is CCC(C)NC(=O)C(C)N(Cc1ccc(C)cc1)C(=O)CN(c1cccc(OC)c1)S(C)(=O)=O. The van der Waals surface area contributed by atoms with Crippen LogP contribution in [-0.4, -0.2) is 57.1 Å². The van der Waals surface area contributed by atoms with Crippen LogP contribution in [0.4, 0.5) is 5.69 Å². The molecular formula is C25H35N3O5S. The molecule has 0 saturated carbocycles. The number of hydrogen-bond acceptors (Lipinski definition) is 5. The Labute approximate surface area is 202 Å². The molecule has 2 atom stereocenters. The highest BCUT2D eigenvalue weighted by molar-refractivity contribution is 7.92. The van der Waals surface area contributed by atoms with Crippen LogP contribution in [-0.2, 0) is 26.2 Å². The van der Waals surface area contributed by atoms with Crippen molar-refractivity contribution in [3.63, 3.8) is 0 Å². The molecule has 0 aromatic heterocycles. The molecule has 2 aromatic rings. The third kappa shape index (κ3) is 7.48. The van der Waals surface area contributed by atoms with Crippen molar-refractivity contribution in [2.75, 3.05) is 24.2 Å². The van der Waals surface area contributed by atoms with Crippen LogP contribution in [0.15, 0.2) is 48.5 Å². The van der Waals surface area contributed by atoms with Crippen LogP contribution in [0.2, 0.25) is 0 Å². The predicted octanol–water partition coefficient (Wildman–Crippen LogP) is 3.10. The van der Waals surface area contributed by atoms with Gasteiger partial charge in [0.25, 0.3) is 0 Å². The van der Waals surface area contributed by atoms with Crippen LogP contribution in [0.3, 0.4) is 0 Å². The van der Waals surface area contributed by atoms with E-state index in [1.165, 1.54) is 12.0 Å². The second-order valence-electron chi connectivity index (χ2n) is 8.47. The number of aryl methyl sites for hydroxylation is 1. The van der Waals surface area contributed by atoms with Gasteiger partial charge in [-0.15, -0.1) is 0 Å². The smallest absolute Gasteiger partial charge is 0.244 e. The molecule has 0 heterocycles. The van der Waals surface area contributed by atoms with Gasteiger partial charge in [-0.25, -0.2) is 8.42 Å². The number of anilines is 1. The molecule has 0 spiro atoms. The predicted molar refractivity (Wildman–Crippen MR) is 134 cm³/mol. The van der Waals surface area contributed by atoms with E-state index in [0.717, 1.165) is 28.1 Å². The van der Waals surface area contributed by atoms with Gasteiger partial charge < -0.3 is 15.0 Å². The molecule has 2 unspecified atom stereocenters. The summed E-state index contributed by atoms with van der Waals surface area (Å²) in [5.74, 6) is -0.306. The number of amides is 2. The maximum Gasteiger partial charge on any atom is 0.244 e. The Bertz CT molecular complexity index is 1090. The summed E-state index contributed by atoms with van der Waals surface area (Å²) in [6, 6.07) is 13.3. The molecule has 0 saturated heterocycles. The standard InChI is InChI=1S/C25H35N3O5S/c1-7-19(3)26-25(30)20(4)27(16-21-13-11-18(2)12-14-21)24(29)17-28(34(6,31)32)22-9-8-10-23(15-22)33-5/h8-15,19-20H,7,16-17H2,1-6H3,(H,26,30). The Morgan fingerprint density at radius 3 is 2.29 bits per heavy atom. The van der Waals surface area contributed by atoms with Gasteiger partial charge in [0.15, 0.2) is 0 Å². The van der Waals surface area contributed by atoms with Crippen molar-refractivity contribution in [2.24, 2.45) is 0 Å². The van der Waals surface area contributed by atoms with Gasteiger partial charge in [0, 0.05) is 18.7 Å². The topological polar surface area (TPSA) is 96.0 Å². The summed E-state index contributed by atoms with van der Waals surface area (Å²) < 4.78 is 31.5. The molecule has 0 aliphatic rings. The van der Waals surface area contributed by atoms with Crippen molar-refractivity contribution in [2.45, 2.75) is 52.7 Å². The molecule has 2 aromatic carbocycles. The summed E-state index contributed by atoms with van der Waals surface area (Å²) in [6.07, 6.45) is 1.80. The molecule has 0 aliphatic heterocycles. The molecule has 2 amide bonds. The van der Waals surface area contributed by atoms with Crippen molar-refractivity contribution in [1.82, 2.24) is 10.2 Å². The van der Waals surface area contributed by atoms with Crippen LogP contribution < -0.4 is 14.4 Å². The average Bonchev–Trinajstić information content (AvgIpc) is 2.80. The van der Waals surface area contributed by atoms with Crippen molar-refractivity contribution in [3.8, 4) is 5.75 Å². The fourth-order valence-electron chi connectivity index (χ4n) is 3.32. The Hall–Kier alpha value is -3.07. The van der Waals surface area contributed by atoms with Crippen molar-refractivity contribution >= 4 is 27.5 Å². The largest absolute Gasteiger partial charge is 0.497 e. The zero-order valence-electron chi connectivity index (χ0n) is 20.7. The lowest BCUT2D eigenvalue weighted by Gasteiger charge is -2.32. The highest BCUT2D eigenvalue weighted by atomic mass is 32.2. The third-order valence-corrected chi connectivity index (χ3v) is 6.80. The van der Waals surface area contributed by atoms with Crippen LogP contribution in [0.1, 0.15) is 38.3 Å². The molecule has 9 heteroatoms. The second kappa shape index (κ2) is 11.9. The van der Waals surface area contributed by atoms with Gasteiger partial charge in [0.1, 0.15) is 18.3 Å². The van der Waals surface area contributed by atoms with Crippen molar-refractivity contribution in [1.29, 1.82) is 0 Å². The minimum atomic E-state index is -3.79. The van der Waals surface area contributed by atoms with Gasteiger partial charge in [-0.3, -0.25) is 13.9 Å². The average molecular weight is 490 g/mol. The van der Waals surface area contributed by atoms with Gasteiger partial charge >= 0.3 is 0 Å². The third-order valence-electron chi connectivity index (χ3n) is 5.66. The summed E-state index contributed by atoms with van der Waals surface area (Å²) in [5.41, 5.74) is 2.22. The van der Waals surface area contributed by atoms with E-state index in [4.69, 9.17) is 4.74 Å². The number of carbonyl (C=O) groups is 2. The number of ether oxygens (including phenoxy) is 1. The fourth-order valence-corrected chi connectivity index (χ4v) is 4.16. The summed E-state index contributed by atoms with van der Waals surface area (Å²) in [5, 5.41) is 2.91. The first-order valence-electron chi connectivity index (χ1n) is 11.2. The first kappa shape index (κ1) is 27.2. The molecule has 1 N–H and O–H groups in total. The summed E-state index contributed by atoms with van der Waals surface area (Å²) >= 11 is 0. The van der Waals surface area contributed by atoms with Crippen LogP contribution in [0.25, 0.3) is 0 Å². The number of carbonyl (C=O) groups excluding carboxylic acids is 2. The lowest BCUT2D eigenvalue weighted by molar-refractivity contribution is -0.139. The van der Waals surface area contributed by atoms with E-state index in [-0.39, 0.29) is 18.5 Å². The molecule has 8 nitrogen and oxygen atoms in total. The molecule has 34 heavy (non-hydrogen) atoms. The first-order valence-corrected chi connectivity index (χ1v) is 13.1. The molecule has 0 fully saturated rings. The zero-order valence-corrected chi connectivity index (χ0v) is 21.6. The summed E-state index contributed by atoms with van der Waals surface area (Å²) in [7, 11) is -2.31. The van der Waals surface area contributed by atoms with E-state index in [2.05, 4.69) is 5.32 Å². The molecule has 2 rings (SSSR count). The van der Waals surface area contributed by atoms with E-state index in [1.807, 2.05) is 45.0 Å². The van der Waals surface area contributed by atoms with E-state index in [1.54, 1.807) is 31.2 Å². The van der Waals surface area contributed by atoms with E-state index >= 15 is 0 Å². The van der Waals surface area contributed by atoms with E-state index in [0.29, 0.717) is 11.4 Å². The molecular weight excluding hydrogens is 454 g/mol. The van der Waals surface area contributed by atoms with Gasteiger partial charge in [-0.2, -0.15) is 0 Å². The van der Waals surface area contributed by atoms with Crippen LogP contribution >= 0.6 is 0 Å². The van der Waals surface area contributed by atoms with Gasteiger partial charge in [-0.1, -0.05) is 42.8 Å². The Balaban J connectivity index is 2.38. The Morgan fingerprint density at radius 1 is 1.09 bits per heavy atom. The Kier molecular flexibility index (Phi) is 9.49. The minimum absolute atomic E-state index is 0.0458. The summed E-state index contributed by atoms with van der Waals surface area (Å²) in [4.78, 5) is 27.8. The fraction of sp³-hybridized carbons (Fsp3) is 0.440. The summed E-state index contributed by atoms with van der Waals surface area (Å²) in [6.45, 7) is 7.20. The number of sulfonamides is 1. The lowest BCUT2D eigenvalue weighted by Crippen LogP contribution is -2.52. The van der Waals surface area contributed by atoms with Crippen molar-refractivity contribution < 1.29 is 22.7 Å². The zero-order chi connectivity index (χ0) is 25.5. The maximum atomic E-state index is 13.5.